The summed E-state index contributed by atoms with van der Waals surface area (Å²) in [6.45, 7) is 0. The van der Waals surface area contributed by atoms with Gasteiger partial charge in [0.2, 0.25) is 0 Å². The first-order valence-electron chi connectivity index (χ1n) is 6.91. The first-order valence-corrected chi connectivity index (χ1v) is 7.70. The molecule has 3 aromatic rings. The zero-order chi connectivity index (χ0) is 16.1. The Morgan fingerprint density at radius 2 is 1.91 bits per heavy atom. The van der Waals surface area contributed by atoms with E-state index in [2.05, 4.69) is 36.5 Å². The highest BCUT2D eigenvalue weighted by molar-refractivity contribution is 9.10. The van der Waals surface area contributed by atoms with Gasteiger partial charge in [-0.3, -0.25) is 9.78 Å². The molecule has 0 radical (unpaired) electrons. The van der Waals surface area contributed by atoms with Crippen LogP contribution in [0, 0.1) is 0 Å². The molecule has 0 saturated heterocycles. The smallest absolute Gasteiger partial charge is 0.257 e. The number of pyridine rings is 2. The van der Waals surface area contributed by atoms with Gasteiger partial charge in [0.1, 0.15) is 5.82 Å². The van der Waals surface area contributed by atoms with Gasteiger partial charge in [-0.15, -0.1) is 0 Å². The molecule has 0 bridgehead atoms. The number of amides is 1. The van der Waals surface area contributed by atoms with E-state index in [4.69, 9.17) is 0 Å². The molecule has 1 aromatic carbocycles. The summed E-state index contributed by atoms with van der Waals surface area (Å²) in [5.74, 6) is 0.482. The Morgan fingerprint density at radius 1 is 1.00 bits per heavy atom. The summed E-state index contributed by atoms with van der Waals surface area (Å²) in [6, 6.07) is 14.8. The van der Waals surface area contributed by atoms with Gasteiger partial charge in [0.25, 0.3) is 5.91 Å². The Kier molecular flexibility index (Phi) is 4.63. The molecule has 5 nitrogen and oxygen atoms in total. The number of hydrogen-bond donors (Lipinski definition) is 2. The largest absolute Gasteiger partial charge is 0.340 e. The first-order chi connectivity index (χ1) is 11.2. The second-order valence-corrected chi connectivity index (χ2v) is 5.68. The molecule has 0 aliphatic rings. The maximum atomic E-state index is 12.0. The monoisotopic (exact) mass is 368 g/mol. The lowest BCUT2D eigenvalue weighted by Crippen LogP contribution is -2.12. The predicted octanol–water partition coefficient (Wildman–Crippen LogP) is 4.24. The third kappa shape index (κ3) is 4.14. The summed E-state index contributed by atoms with van der Waals surface area (Å²) < 4.78 is 0.989. The van der Waals surface area contributed by atoms with E-state index in [1.807, 2.05) is 24.3 Å². The van der Waals surface area contributed by atoms with Crippen molar-refractivity contribution in [3.8, 4) is 0 Å². The quantitative estimate of drug-likeness (QED) is 0.722. The van der Waals surface area contributed by atoms with E-state index in [9.17, 15) is 4.79 Å². The zero-order valence-corrected chi connectivity index (χ0v) is 13.6. The Morgan fingerprint density at radius 3 is 2.61 bits per heavy atom. The Bertz CT molecular complexity index is 806. The van der Waals surface area contributed by atoms with Crippen molar-refractivity contribution in [3.63, 3.8) is 0 Å². The van der Waals surface area contributed by atoms with E-state index < -0.39 is 0 Å². The highest BCUT2D eigenvalue weighted by Crippen LogP contribution is 2.20. The van der Waals surface area contributed by atoms with Gasteiger partial charge >= 0.3 is 0 Å². The van der Waals surface area contributed by atoms with Crippen molar-refractivity contribution in [2.45, 2.75) is 0 Å². The van der Waals surface area contributed by atoms with Crippen LogP contribution in [0.1, 0.15) is 10.4 Å². The molecule has 23 heavy (non-hydrogen) atoms. The van der Waals surface area contributed by atoms with Crippen molar-refractivity contribution < 1.29 is 4.79 Å². The minimum Gasteiger partial charge on any atom is -0.340 e. The topological polar surface area (TPSA) is 66.9 Å². The van der Waals surface area contributed by atoms with Gasteiger partial charge in [0, 0.05) is 22.6 Å². The van der Waals surface area contributed by atoms with Crippen molar-refractivity contribution in [2.24, 2.45) is 0 Å². The van der Waals surface area contributed by atoms with E-state index in [0.717, 1.165) is 10.2 Å². The fourth-order valence-corrected chi connectivity index (χ4v) is 2.36. The van der Waals surface area contributed by atoms with Crippen LogP contribution in [0.25, 0.3) is 0 Å². The third-order valence-electron chi connectivity index (χ3n) is 3.04. The average Bonchev–Trinajstić information content (AvgIpc) is 2.57. The van der Waals surface area contributed by atoms with Gasteiger partial charge in [-0.2, -0.15) is 0 Å². The molecule has 0 atom stereocenters. The lowest BCUT2D eigenvalue weighted by atomic mass is 10.2. The highest BCUT2D eigenvalue weighted by atomic mass is 79.9. The molecular weight excluding hydrogens is 356 g/mol. The summed E-state index contributed by atoms with van der Waals surface area (Å²) in [4.78, 5) is 20.2. The van der Waals surface area contributed by atoms with Crippen molar-refractivity contribution in [1.82, 2.24) is 9.97 Å². The SMILES string of the molecule is O=C(Nc1ccc(Nc2cccc(Br)c2)nc1)c1cccnc1. The molecule has 0 saturated carbocycles. The molecule has 1 amide bonds. The van der Waals surface area contributed by atoms with Crippen molar-refractivity contribution in [3.05, 3.63) is 77.2 Å². The Hall–Kier alpha value is -2.73. The number of hydrogen-bond acceptors (Lipinski definition) is 4. The Labute approximate surface area is 141 Å². The molecule has 114 valence electrons. The number of halogens is 1. The lowest BCUT2D eigenvalue weighted by Gasteiger charge is -2.08. The molecule has 0 unspecified atom stereocenters. The van der Waals surface area contributed by atoms with Crippen LogP contribution >= 0.6 is 15.9 Å². The highest BCUT2D eigenvalue weighted by Gasteiger charge is 2.06. The van der Waals surface area contributed by atoms with E-state index in [1.165, 1.54) is 6.20 Å². The second kappa shape index (κ2) is 7.02. The number of benzene rings is 1. The van der Waals surface area contributed by atoms with Crippen LogP contribution in [-0.4, -0.2) is 15.9 Å². The molecular formula is C17H13BrN4O. The van der Waals surface area contributed by atoms with Crippen LogP contribution in [0.15, 0.2) is 71.6 Å². The summed E-state index contributed by atoms with van der Waals surface area (Å²) in [5.41, 5.74) is 2.06. The van der Waals surface area contributed by atoms with E-state index in [1.54, 1.807) is 36.7 Å². The number of nitrogens with one attached hydrogen (secondary N) is 2. The minimum absolute atomic E-state index is 0.215. The van der Waals surface area contributed by atoms with Crippen molar-refractivity contribution in [1.29, 1.82) is 0 Å². The maximum Gasteiger partial charge on any atom is 0.257 e. The number of carbonyl (C=O) groups excluding carboxylic acids is 1. The maximum absolute atomic E-state index is 12.0. The number of aromatic nitrogens is 2. The van der Waals surface area contributed by atoms with Crippen LogP contribution in [0.2, 0.25) is 0 Å². The summed E-state index contributed by atoms with van der Waals surface area (Å²) in [7, 11) is 0. The number of nitrogens with zero attached hydrogens (tertiary/aromatic N) is 2. The Balaban J connectivity index is 1.66. The first kappa shape index (κ1) is 15.2. The van der Waals surface area contributed by atoms with Crippen molar-refractivity contribution >= 4 is 39.0 Å². The molecule has 2 heterocycles. The number of carbonyl (C=O) groups is 1. The summed E-state index contributed by atoms with van der Waals surface area (Å²) in [5, 5.41) is 5.97. The second-order valence-electron chi connectivity index (χ2n) is 4.76. The fourth-order valence-electron chi connectivity index (χ4n) is 1.96. The molecule has 6 heteroatoms. The molecule has 3 rings (SSSR count). The van der Waals surface area contributed by atoms with Gasteiger partial charge in [-0.25, -0.2) is 4.98 Å². The number of anilines is 3. The van der Waals surface area contributed by atoms with E-state index in [0.29, 0.717) is 17.1 Å². The molecule has 0 aliphatic heterocycles. The normalized spacial score (nSPS) is 10.1. The zero-order valence-electron chi connectivity index (χ0n) is 12.0. The van der Waals surface area contributed by atoms with Gasteiger partial charge < -0.3 is 10.6 Å². The minimum atomic E-state index is -0.215. The van der Waals surface area contributed by atoms with Crippen LogP contribution in [0.5, 0.6) is 0 Å². The van der Waals surface area contributed by atoms with E-state index in [-0.39, 0.29) is 5.91 Å². The predicted molar refractivity (Wildman–Crippen MR) is 93.9 cm³/mol. The van der Waals surface area contributed by atoms with Crippen molar-refractivity contribution in [2.75, 3.05) is 10.6 Å². The fraction of sp³-hybridized carbons (Fsp3) is 0. The molecule has 0 fully saturated rings. The summed E-state index contributed by atoms with van der Waals surface area (Å²) in [6.07, 6.45) is 4.75. The van der Waals surface area contributed by atoms with Crippen LogP contribution in [-0.2, 0) is 0 Å². The summed E-state index contributed by atoms with van der Waals surface area (Å²) >= 11 is 3.42. The van der Waals surface area contributed by atoms with Gasteiger partial charge in [0.15, 0.2) is 0 Å². The van der Waals surface area contributed by atoms with Crippen LogP contribution in [0.3, 0.4) is 0 Å². The van der Waals surface area contributed by atoms with Crippen LogP contribution < -0.4 is 10.6 Å². The molecule has 2 aromatic heterocycles. The molecule has 0 aliphatic carbocycles. The standard InChI is InChI=1S/C17H13BrN4O/c18-13-4-1-5-14(9-13)21-16-7-6-15(11-20-16)22-17(23)12-3-2-8-19-10-12/h1-11H,(H,20,21)(H,22,23). The lowest BCUT2D eigenvalue weighted by molar-refractivity contribution is 0.102. The van der Waals surface area contributed by atoms with E-state index >= 15 is 0 Å². The number of rotatable bonds is 4. The van der Waals surface area contributed by atoms with Gasteiger partial charge in [-0.05, 0) is 42.5 Å². The molecule has 0 spiro atoms. The van der Waals surface area contributed by atoms with Gasteiger partial charge in [0.05, 0.1) is 17.4 Å². The van der Waals surface area contributed by atoms with Crippen LogP contribution in [0.4, 0.5) is 17.2 Å². The third-order valence-corrected chi connectivity index (χ3v) is 3.54. The molecule has 2 N–H and O–H groups in total. The van der Waals surface area contributed by atoms with Gasteiger partial charge in [-0.1, -0.05) is 22.0 Å². The average molecular weight is 369 g/mol.